The van der Waals surface area contributed by atoms with Gasteiger partial charge in [-0.3, -0.25) is 0 Å². The molecule has 24 nitrogen and oxygen atoms in total. The van der Waals surface area contributed by atoms with E-state index < -0.39 is 67.7 Å². The lowest BCUT2D eigenvalue weighted by molar-refractivity contribution is -0.138. The summed E-state index contributed by atoms with van der Waals surface area (Å²) in [5.74, 6) is 1.15. The topological polar surface area (TPSA) is 321 Å². The van der Waals surface area contributed by atoms with Crippen LogP contribution in [0.5, 0.6) is 0 Å². The van der Waals surface area contributed by atoms with Crippen LogP contribution in [0.3, 0.4) is 0 Å². The molecule has 0 bridgehead atoms. The molecular formula is C59H71F6N15O9S. The highest BCUT2D eigenvalue weighted by atomic mass is 32.2. The van der Waals surface area contributed by atoms with Crippen molar-refractivity contribution in [2.45, 2.75) is 186 Å². The first kappa shape index (κ1) is 66.1. The van der Waals surface area contributed by atoms with Crippen LogP contribution in [-0.4, -0.2) is 124 Å². The minimum atomic E-state index is -4.85. The highest BCUT2D eigenvalue weighted by molar-refractivity contribution is 7.90. The van der Waals surface area contributed by atoms with Gasteiger partial charge in [0.1, 0.15) is 50.9 Å². The van der Waals surface area contributed by atoms with Gasteiger partial charge in [-0.2, -0.15) is 31.4 Å². The molecule has 1 aliphatic heterocycles. The number of alkyl halides is 6. The number of sulfone groups is 1. The van der Waals surface area contributed by atoms with Gasteiger partial charge in [-0.1, -0.05) is 10.3 Å². The number of hydrogen-bond acceptors (Lipinski definition) is 20. The molecule has 1 saturated heterocycles. The minimum Gasteiger partial charge on any atom is -0.444 e. The maximum absolute atomic E-state index is 14.1. The van der Waals surface area contributed by atoms with E-state index >= 15 is 0 Å². The number of aromatic nitrogens is 11. The number of H-pyrrole nitrogens is 1. The second-order valence-corrected chi connectivity index (χ2v) is 26.2. The van der Waals surface area contributed by atoms with E-state index in [1.165, 1.54) is 10.9 Å². The molecule has 8 aromatic heterocycles. The number of carbonyl (C=O) groups is 2. The largest absolute Gasteiger partial charge is 0.444 e. The maximum atomic E-state index is 14.1. The number of hydrogen-bond donors (Lipinski definition) is 5. The molecule has 2 amide bonds. The molecule has 0 radical (unpaired) electrons. The Balaban J connectivity index is 0.000000177. The van der Waals surface area contributed by atoms with Crippen molar-refractivity contribution in [1.82, 2.24) is 65.6 Å². The van der Waals surface area contributed by atoms with Gasteiger partial charge in [0.05, 0.1) is 45.6 Å². The van der Waals surface area contributed by atoms with Gasteiger partial charge in [-0.05, 0) is 151 Å². The molecule has 6 N–H and O–H groups in total. The molecule has 8 aromatic rings. The Hall–Kier alpha value is -8.32. The Bertz CT molecular complexity index is 3990. The standard InChI is InChI=1S/C27H30F3N7O3.C22H21F3N6O4S.C10H20N2O2/c1-13-21(14(2)40-37-13)20-10-9-15-16(11-31-23(15)33-20)22-17(27(28,29)30)12-32-24(36-22)34-18-7-6-8-19(18)35-25(38)39-26(3,4)5;1-11-17(12(2)35-30-11)15-8-7-13-18(29-31(20(13)27-15)16-6-4-5-9-34-16)19-14(22(23,24)25)10-26-21(28-19)36(3,32)33;1-10(2,3)14-9(13)12-8-6-4-5-7(8)11/h9-12,18-19H,6-8H2,1-5H3,(H,31,33)(H,35,38)(H,32,34,36);7-8,10,16H,4-6,9H2,1-3H3;7-8H,4-6,11H2,1-3H3,(H,12,13)/t18-,19-;;7-,8-/m0.0/s1. The van der Waals surface area contributed by atoms with E-state index in [-0.39, 0.29) is 64.2 Å². The lowest BCUT2D eigenvalue weighted by Crippen LogP contribution is -2.45. The average Bonchev–Trinajstić information content (AvgIpc) is 1.85. The van der Waals surface area contributed by atoms with Gasteiger partial charge >= 0.3 is 24.5 Å². The van der Waals surface area contributed by atoms with Gasteiger partial charge in [0.2, 0.25) is 20.9 Å². The smallest absolute Gasteiger partial charge is 0.420 e. The quantitative estimate of drug-likeness (QED) is 0.0627. The fourth-order valence-electron chi connectivity index (χ4n) is 10.8. The summed E-state index contributed by atoms with van der Waals surface area (Å²) in [5, 5.41) is 21.1. The van der Waals surface area contributed by atoms with Crippen LogP contribution < -0.4 is 21.7 Å². The molecule has 0 spiro atoms. The molecule has 90 heavy (non-hydrogen) atoms. The van der Waals surface area contributed by atoms with Gasteiger partial charge < -0.3 is 49.9 Å². The van der Waals surface area contributed by atoms with Crippen molar-refractivity contribution >= 4 is 50.0 Å². The number of nitrogens with one attached hydrogen (secondary N) is 4. The lowest BCUT2D eigenvalue weighted by Gasteiger charge is -2.25. The number of alkyl carbamates (subject to hydrolysis) is 2. The van der Waals surface area contributed by atoms with Crippen molar-refractivity contribution in [3.8, 4) is 45.2 Å². The van der Waals surface area contributed by atoms with Crippen molar-refractivity contribution in [2.24, 2.45) is 5.73 Å². The molecule has 31 heteroatoms. The molecule has 3 aliphatic rings. The SMILES string of the molecule is CC(C)(C)OC(=O)N[C@H]1CCC[C@@H]1N.Cc1noc(C)c1-c1ccc2c(-c3nc(N[C@H]4CCC[C@@H]4NC(=O)OC(C)(C)C)ncc3C(F)(F)F)c[nH]c2n1.Cc1noc(C)c1-c1ccc2c(-c3nc(S(C)(=O)=O)ncc3C(F)(F)F)nn(C3CCCCO3)c2n1. The summed E-state index contributed by atoms with van der Waals surface area (Å²) in [7, 11) is -3.99. The number of aromatic amines is 1. The number of carbonyl (C=O) groups excluding carboxylic acids is 2. The van der Waals surface area contributed by atoms with Crippen molar-refractivity contribution < 1.29 is 67.6 Å². The molecule has 484 valence electrons. The summed E-state index contributed by atoms with van der Waals surface area (Å²) < 4.78 is 136. The second-order valence-electron chi connectivity index (χ2n) is 24.3. The van der Waals surface area contributed by atoms with Gasteiger partial charge in [0.15, 0.2) is 11.9 Å². The number of pyridine rings is 2. The summed E-state index contributed by atoms with van der Waals surface area (Å²) in [6, 6.07) is 6.22. The van der Waals surface area contributed by atoms with Crippen LogP contribution in [0.25, 0.3) is 67.2 Å². The zero-order valence-corrected chi connectivity index (χ0v) is 52.2. The van der Waals surface area contributed by atoms with E-state index in [4.69, 9.17) is 34.0 Å². The van der Waals surface area contributed by atoms with Crippen molar-refractivity contribution in [3.05, 3.63) is 76.9 Å². The van der Waals surface area contributed by atoms with Crippen LogP contribution in [0.4, 0.5) is 41.9 Å². The number of halogens is 6. The van der Waals surface area contributed by atoms with E-state index in [1.54, 1.807) is 72.7 Å². The van der Waals surface area contributed by atoms with Gasteiger partial charge in [0, 0.05) is 65.9 Å². The number of rotatable bonds is 10. The Labute approximate surface area is 513 Å². The Kier molecular flexibility index (Phi) is 19.0. The van der Waals surface area contributed by atoms with Crippen LogP contribution in [0.1, 0.15) is 140 Å². The number of anilines is 1. The van der Waals surface area contributed by atoms with Gasteiger partial charge in [-0.15, -0.1) is 0 Å². The first-order valence-electron chi connectivity index (χ1n) is 29.1. The van der Waals surface area contributed by atoms with Crippen LogP contribution in [0, 0.1) is 27.7 Å². The second kappa shape index (κ2) is 25.9. The third-order valence-corrected chi connectivity index (χ3v) is 15.7. The summed E-state index contributed by atoms with van der Waals surface area (Å²) in [4.78, 5) is 51.5. The summed E-state index contributed by atoms with van der Waals surface area (Å²) in [5.41, 5.74) is 6.09. The number of aryl methyl sites for hydroxylation is 4. The normalized spacial score (nSPS) is 19.0. The van der Waals surface area contributed by atoms with Crippen molar-refractivity contribution in [1.29, 1.82) is 0 Å². The van der Waals surface area contributed by atoms with Crippen LogP contribution in [0.15, 0.2) is 57.1 Å². The summed E-state index contributed by atoms with van der Waals surface area (Å²) in [6.45, 7) is 18.4. The molecule has 0 aromatic carbocycles. The predicted octanol–water partition coefficient (Wildman–Crippen LogP) is 11.8. The maximum Gasteiger partial charge on any atom is 0.420 e. The molecule has 5 atom stereocenters. The number of amides is 2. The number of ether oxygens (including phenoxy) is 3. The number of nitrogens with two attached hydrogens (primary N) is 1. The van der Waals surface area contributed by atoms with E-state index in [0.717, 1.165) is 56.5 Å². The van der Waals surface area contributed by atoms with Crippen LogP contribution >= 0.6 is 0 Å². The van der Waals surface area contributed by atoms with Gasteiger partial charge in [-0.25, -0.2) is 52.6 Å². The first-order valence-corrected chi connectivity index (χ1v) is 31.0. The zero-order valence-electron chi connectivity index (χ0n) is 51.4. The number of fused-ring (bicyclic) bond motifs is 2. The minimum absolute atomic E-state index is 0.0283. The zero-order chi connectivity index (χ0) is 65.4. The average molecular weight is 1280 g/mol. The molecule has 2 aliphatic carbocycles. The molecule has 1 unspecified atom stereocenters. The third-order valence-electron chi connectivity index (χ3n) is 14.9. The summed E-state index contributed by atoms with van der Waals surface area (Å²) >= 11 is 0. The first-order chi connectivity index (χ1) is 42.1. The Morgan fingerprint density at radius 1 is 0.667 bits per heavy atom. The Morgan fingerprint density at radius 3 is 1.77 bits per heavy atom. The van der Waals surface area contributed by atoms with Crippen molar-refractivity contribution in [3.63, 3.8) is 0 Å². The monoisotopic (exact) mass is 1280 g/mol. The van der Waals surface area contributed by atoms with E-state index in [0.29, 0.717) is 83.0 Å². The van der Waals surface area contributed by atoms with E-state index in [2.05, 4.69) is 61.3 Å². The fraction of sp³-hybridized carbons (Fsp3) is 0.508. The molecular weight excluding hydrogens is 1210 g/mol. The van der Waals surface area contributed by atoms with Crippen molar-refractivity contribution in [2.75, 3.05) is 18.2 Å². The highest BCUT2D eigenvalue weighted by Crippen LogP contribution is 2.42. The van der Waals surface area contributed by atoms with Crippen LogP contribution in [-0.2, 0) is 36.4 Å². The molecule has 2 saturated carbocycles. The number of nitrogens with zero attached hydrogens (tertiary/aromatic N) is 10. The molecule has 11 rings (SSSR count). The Morgan fingerprint density at radius 2 is 1.22 bits per heavy atom. The van der Waals surface area contributed by atoms with E-state index in [1.807, 2.05) is 20.8 Å². The molecule has 3 fully saturated rings. The van der Waals surface area contributed by atoms with Gasteiger partial charge in [0.25, 0.3) is 0 Å². The van der Waals surface area contributed by atoms with Crippen LogP contribution in [0.2, 0.25) is 0 Å². The third kappa shape index (κ3) is 15.4. The lowest BCUT2D eigenvalue weighted by atomic mass is 10.1. The van der Waals surface area contributed by atoms with E-state index in [9.17, 15) is 44.3 Å². The summed E-state index contributed by atoms with van der Waals surface area (Å²) in [6.07, 6.45) is -0.0131. The highest BCUT2D eigenvalue weighted by Gasteiger charge is 2.40. The molecule has 9 heterocycles. The fourth-order valence-corrected chi connectivity index (χ4v) is 11.3. The predicted molar refractivity (Wildman–Crippen MR) is 317 cm³/mol.